The molecule has 0 saturated carbocycles. The van der Waals surface area contributed by atoms with Gasteiger partial charge in [0.05, 0.1) is 0 Å². The highest BCUT2D eigenvalue weighted by Gasteiger charge is 2.18. The Labute approximate surface area is 98.9 Å². The number of carbonyl (C=O) groups is 1. The number of hydrogen-bond acceptors (Lipinski definition) is 1. The Balaban J connectivity index is 2.67. The monoisotopic (exact) mass is 218 g/mol. The second kappa shape index (κ2) is 6.47. The summed E-state index contributed by atoms with van der Waals surface area (Å²) in [6.45, 7) is 6.32. The van der Waals surface area contributed by atoms with Gasteiger partial charge < -0.3 is 0 Å². The molecule has 0 radical (unpaired) electrons. The van der Waals surface area contributed by atoms with E-state index in [9.17, 15) is 4.79 Å². The summed E-state index contributed by atoms with van der Waals surface area (Å²) in [4.78, 5) is 11.9. The Hall–Kier alpha value is -1.11. The largest absolute Gasteiger partial charge is 0.299 e. The smallest absolute Gasteiger partial charge is 0.136 e. The fourth-order valence-electron chi connectivity index (χ4n) is 2.08. The van der Waals surface area contributed by atoms with Gasteiger partial charge in [-0.3, -0.25) is 4.79 Å². The van der Waals surface area contributed by atoms with Crippen LogP contribution in [-0.4, -0.2) is 5.78 Å². The molecule has 0 spiro atoms. The first-order chi connectivity index (χ1) is 7.63. The molecule has 1 nitrogen and oxygen atoms in total. The fourth-order valence-corrected chi connectivity index (χ4v) is 2.08. The molecule has 1 aromatic rings. The average Bonchev–Trinajstić information content (AvgIpc) is 2.28. The summed E-state index contributed by atoms with van der Waals surface area (Å²) in [6, 6.07) is 10.3. The molecule has 1 aromatic carbocycles. The third-order valence-corrected chi connectivity index (χ3v) is 2.88. The number of ketones is 1. The van der Waals surface area contributed by atoms with E-state index in [-0.39, 0.29) is 5.92 Å². The van der Waals surface area contributed by atoms with E-state index in [0.717, 1.165) is 12.8 Å². The Morgan fingerprint density at radius 3 is 2.31 bits per heavy atom. The summed E-state index contributed by atoms with van der Waals surface area (Å²) in [5.74, 6) is 1.19. The zero-order valence-corrected chi connectivity index (χ0v) is 10.6. The van der Waals surface area contributed by atoms with Crippen molar-refractivity contribution in [1.82, 2.24) is 0 Å². The summed E-state index contributed by atoms with van der Waals surface area (Å²) in [5.41, 5.74) is 1.27. The Morgan fingerprint density at radius 2 is 1.81 bits per heavy atom. The van der Waals surface area contributed by atoms with Crippen LogP contribution in [0.1, 0.15) is 39.2 Å². The zero-order chi connectivity index (χ0) is 12.0. The minimum Gasteiger partial charge on any atom is -0.299 e. The van der Waals surface area contributed by atoms with E-state index in [4.69, 9.17) is 0 Å². The van der Waals surface area contributed by atoms with Crippen molar-refractivity contribution >= 4 is 5.78 Å². The lowest BCUT2D eigenvalue weighted by molar-refractivity contribution is -0.123. The summed E-state index contributed by atoms with van der Waals surface area (Å²) < 4.78 is 0. The fraction of sp³-hybridized carbons (Fsp3) is 0.533. The molecule has 0 heterocycles. The van der Waals surface area contributed by atoms with E-state index in [1.54, 1.807) is 0 Å². The van der Waals surface area contributed by atoms with Gasteiger partial charge in [0, 0.05) is 12.3 Å². The van der Waals surface area contributed by atoms with Crippen LogP contribution < -0.4 is 0 Å². The number of carbonyl (C=O) groups excluding carboxylic acids is 1. The lowest BCUT2D eigenvalue weighted by Crippen LogP contribution is -2.18. The average molecular weight is 218 g/mol. The molecule has 1 atom stereocenters. The third kappa shape index (κ3) is 4.18. The van der Waals surface area contributed by atoms with Crippen LogP contribution in [0.2, 0.25) is 0 Å². The van der Waals surface area contributed by atoms with Crippen molar-refractivity contribution in [2.45, 2.75) is 40.0 Å². The van der Waals surface area contributed by atoms with Crippen LogP contribution in [0.25, 0.3) is 0 Å². The molecule has 1 rings (SSSR count). The first-order valence-corrected chi connectivity index (χ1v) is 6.20. The highest BCUT2D eigenvalue weighted by molar-refractivity contribution is 5.80. The van der Waals surface area contributed by atoms with Gasteiger partial charge in [-0.15, -0.1) is 0 Å². The number of hydrogen-bond donors (Lipinski definition) is 0. The van der Waals surface area contributed by atoms with E-state index in [0.29, 0.717) is 18.1 Å². The van der Waals surface area contributed by atoms with Gasteiger partial charge in [-0.1, -0.05) is 51.1 Å². The summed E-state index contributed by atoms with van der Waals surface area (Å²) in [6.07, 6.45) is 2.55. The maximum atomic E-state index is 11.9. The highest BCUT2D eigenvalue weighted by atomic mass is 16.1. The SMILES string of the molecule is CCC(=O)[C@H](Cc1ccccc1)CC(C)C. The number of benzene rings is 1. The number of rotatable bonds is 6. The van der Waals surface area contributed by atoms with Gasteiger partial charge in [0.2, 0.25) is 0 Å². The summed E-state index contributed by atoms with van der Waals surface area (Å²) in [7, 11) is 0. The molecule has 16 heavy (non-hydrogen) atoms. The molecule has 0 saturated heterocycles. The van der Waals surface area contributed by atoms with Gasteiger partial charge >= 0.3 is 0 Å². The molecule has 88 valence electrons. The van der Waals surface area contributed by atoms with Crippen LogP contribution >= 0.6 is 0 Å². The maximum absolute atomic E-state index is 11.9. The molecule has 0 aromatic heterocycles. The molecule has 0 bridgehead atoms. The van der Waals surface area contributed by atoms with E-state index in [1.165, 1.54) is 5.56 Å². The van der Waals surface area contributed by atoms with Gasteiger partial charge in [-0.2, -0.15) is 0 Å². The van der Waals surface area contributed by atoms with Gasteiger partial charge in [0.25, 0.3) is 0 Å². The molecule has 0 unspecified atom stereocenters. The first kappa shape index (κ1) is 13.0. The quantitative estimate of drug-likeness (QED) is 0.708. The topological polar surface area (TPSA) is 17.1 Å². The zero-order valence-electron chi connectivity index (χ0n) is 10.6. The molecule has 0 amide bonds. The molecule has 0 fully saturated rings. The minimum atomic E-state index is 0.201. The standard InChI is InChI=1S/C15H22O/c1-4-15(16)14(10-12(2)3)11-13-8-6-5-7-9-13/h5-9,12,14H,4,10-11H2,1-3H3/t14-/m0/s1. The second-order valence-corrected chi connectivity index (χ2v) is 4.84. The van der Waals surface area contributed by atoms with E-state index < -0.39 is 0 Å². The number of Topliss-reactive ketones (excluding diaryl/α,β-unsaturated/α-hetero) is 1. The minimum absolute atomic E-state index is 0.201. The predicted octanol–water partition coefficient (Wildman–Crippen LogP) is 3.87. The van der Waals surface area contributed by atoms with Gasteiger partial charge in [0.1, 0.15) is 5.78 Å². The van der Waals surface area contributed by atoms with Crippen molar-refractivity contribution in [3.8, 4) is 0 Å². The van der Waals surface area contributed by atoms with Gasteiger partial charge in [-0.05, 0) is 24.3 Å². The lowest BCUT2D eigenvalue weighted by Gasteiger charge is -2.17. The van der Waals surface area contributed by atoms with Gasteiger partial charge in [0.15, 0.2) is 0 Å². The van der Waals surface area contributed by atoms with E-state index in [2.05, 4.69) is 26.0 Å². The van der Waals surface area contributed by atoms with Crippen LogP contribution in [0.3, 0.4) is 0 Å². The van der Waals surface area contributed by atoms with Crippen LogP contribution in [0.15, 0.2) is 30.3 Å². The van der Waals surface area contributed by atoms with Crippen molar-refractivity contribution < 1.29 is 4.79 Å². The van der Waals surface area contributed by atoms with Crippen molar-refractivity contribution in [1.29, 1.82) is 0 Å². The van der Waals surface area contributed by atoms with E-state index in [1.807, 2.05) is 25.1 Å². The van der Waals surface area contributed by atoms with Crippen molar-refractivity contribution in [2.24, 2.45) is 11.8 Å². The molecule has 0 aliphatic carbocycles. The first-order valence-electron chi connectivity index (χ1n) is 6.20. The van der Waals surface area contributed by atoms with Crippen molar-refractivity contribution in [3.63, 3.8) is 0 Å². The highest BCUT2D eigenvalue weighted by Crippen LogP contribution is 2.19. The van der Waals surface area contributed by atoms with E-state index >= 15 is 0 Å². The van der Waals surface area contributed by atoms with Crippen LogP contribution in [-0.2, 0) is 11.2 Å². The van der Waals surface area contributed by atoms with Crippen LogP contribution in [0, 0.1) is 11.8 Å². The van der Waals surface area contributed by atoms with Crippen molar-refractivity contribution in [2.75, 3.05) is 0 Å². The second-order valence-electron chi connectivity index (χ2n) is 4.84. The van der Waals surface area contributed by atoms with Crippen LogP contribution in [0.4, 0.5) is 0 Å². The molecule has 0 N–H and O–H groups in total. The van der Waals surface area contributed by atoms with Crippen LogP contribution in [0.5, 0.6) is 0 Å². The normalized spacial score (nSPS) is 12.8. The maximum Gasteiger partial charge on any atom is 0.136 e. The molecule has 0 aliphatic heterocycles. The predicted molar refractivity (Wildman–Crippen MR) is 68.4 cm³/mol. The summed E-state index contributed by atoms with van der Waals surface area (Å²) >= 11 is 0. The Morgan fingerprint density at radius 1 is 1.19 bits per heavy atom. The molecular weight excluding hydrogens is 196 g/mol. The molecular formula is C15H22O. The van der Waals surface area contributed by atoms with Crippen molar-refractivity contribution in [3.05, 3.63) is 35.9 Å². The molecule has 1 heteroatoms. The molecule has 0 aliphatic rings. The lowest BCUT2D eigenvalue weighted by atomic mass is 9.87. The Bertz CT molecular complexity index is 313. The Kier molecular flexibility index (Phi) is 5.24. The third-order valence-electron chi connectivity index (χ3n) is 2.88. The summed E-state index contributed by atoms with van der Waals surface area (Å²) in [5, 5.41) is 0. The van der Waals surface area contributed by atoms with Gasteiger partial charge in [-0.25, -0.2) is 0 Å².